The van der Waals surface area contributed by atoms with E-state index in [0.29, 0.717) is 0 Å². The lowest BCUT2D eigenvalue weighted by molar-refractivity contribution is 1.47. The maximum absolute atomic E-state index is 5.41. The Morgan fingerprint density at radius 1 is 0.941 bits per heavy atom. The molecular formula is C14H14N2S. The molecule has 0 spiro atoms. The molecule has 0 aliphatic rings. The first-order valence-corrected chi connectivity index (χ1v) is 5.79. The van der Waals surface area contributed by atoms with Gasteiger partial charge in [-0.25, -0.2) is 0 Å². The highest BCUT2D eigenvalue weighted by molar-refractivity contribution is 7.80. The topological polar surface area (TPSA) is 38.0 Å². The van der Waals surface area contributed by atoms with E-state index in [9.17, 15) is 0 Å². The van der Waals surface area contributed by atoms with Gasteiger partial charge in [0.1, 0.15) is 0 Å². The summed E-state index contributed by atoms with van der Waals surface area (Å²) < 4.78 is 0. The molecule has 0 atom stereocenters. The summed E-state index contributed by atoms with van der Waals surface area (Å²) >= 11 is 4.78. The lowest BCUT2D eigenvalue weighted by atomic mass is 10.0. The van der Waals surface area contributed by atoms with Gasteiger partial charge in [0, 0.05) is 5.69 Å². The van der Waals surface area contributed by atoms with Crippen LogP contribution < -0.4 is 11.1 Å². The van der Waals surface area contributed by atoms with Crippen molar-refractivity contribution in [2.75, 3.05) is 5.32 Å². The number of rotatable bonds is 2. The van der Waals surface area contributed by atoms with E-state index in [0.717, 1.165) is 5.69 Å². The molecule has 2 nitrogen and oxygen atoms in total. The summed E-state index contributed by atoms with van der Waals surface area (Å²) in [5.41, 5.74) is 9.97. The Balaban J connectivity index is 2.23. The molecule has 2 aromatic rings. The van der Waals surface area contributed by atoms with Gasteiger partial charge >= 0.3 is 0 Å². The SMILES string of the molecule is Cc1ccc(-c2ccc(NC(N)=S)cc2)cc1. The van der Waals surface area contributed by atoms with Crippen molar-refractivity contribution in [1.82, 2.24) is 0 Å². The molecule has 3 N–H and O–H groups in total. The van der Waals surface area contributed by atoms with Crippen LogP contribution in [0, 0.1) is 6.92 Å². The summed E-state index contributed by atoms with van der Waals surface area (Å²) in [6, 6.07) is 16.5. The Bertz CT molecular complexity index is 515. The van der Waals surface area contributed by atoms with Gasteiger partial charge in [0.2, 0.25) is 0 Å². The van der Waals surface area contributed by atoms with Crippen LogP contribution >= 0.6 is 12.2 Å². The van der Waals surface area contributed by atoms with E-state index in [2.05, 4.69) is 36.5 Å². The molecule has 0 aromatic heterocycles. The Morgan fingerprint density at radius 2 is 1.41 bits per heavy atom. The van der Waals surface area contributed by atoms with Crippen molar-refractivity contribution in [1.29, 1.82) is 0 Å². The second-order valence-electron chi connectivity index (χ2n) is 3.93. The van der Waals surface area contributed by atoms with Crippen LogP contribution in [0.5, 0.6) is 0 Å². The molecule has 3 heteroatoms. The van der Waals surface area contributed by atoms with Crippen molar-refractivity contribution in [3.8, 4) is 11.1 Å². The normalized spacial score (nSPS) is 9.94. The van der Waals surface area contributed by atoms with E-state index >= 15 is 0 Å². The third-order valence-corrected chi connectivity index (χ3v) is 2.64. The van der Waals surface area contributed by atoms with Crippen molar-refractivity contribution < 1.29 is 0 Å². The second kappa shape index (κ2) is 4.97. The summed E-state index contributed by atoms with van der Waals surface area (Å²) in [5, 5.41) is 3.19. The van der Waals surface area contributed by atoms with Gasteiger partial charge in [-0.1, -0.05) is 42.0 Å². The van der Waals surface area contributed by atoms with E-state index < -0.39 is 0 Å². The number of hydrogen-bond acceptors (Lipinski definition) is 1. The van der Waals surface area contributed by atoms with Crippen LogP contribution in [0.1, 0.15) is 5.56 Å². The number of anilines is 1. The molecular weight excluding hydrogens is 228 g/mol. The highest BCUT2D eigenvalue weighted by Crippen LogP contribution is 2.21. The summed E-state index contributed by atoms with van der Waals surface area (Å²) in [7, 11) is 0. The molecule has 2 aromatic carbocycles. The Morgan fingerprint density at radius 3 is 1.88 bits per heavy atom. The second-order valence-corrected chi connectivity index (χ2v) is 4.37. The fraction of sp³-hybridized carbons (Fsp3) is 0.0714. The summed E-state index contributed by atoms with van der Waals surface area (Å²) in [6.07, 6.45) is 0. The van der Waals surface area contributed by atoms with Gasteiger partial charge in [0.25, 0.3) is 0 Å². The van der Waals surface area contributed by atoms with Gasteiger partial charge < -0.3 is 11.1 Å². The molecule has 0 fully saturated rings. The Labute approximate surface area is 106 Å². The van der Waals surface area contributed by atoms with Crippen molar-refractivity contribution in [2.45, 2.75) is 6.92 Å². The predicted molar refractivity (Wildman–Crippen MR) is 77.0 cm³/mol. The first kappa shape index (κ1) is 11.6. The molecule has 0 radical (unpaired) electrons. The highest BCUT2D eigenvalue weighted by Gasteiger charge is 1.98. The zero-order valence-corrected chi connectivity index (χ0v) is 10.4. The highest BCUT2D eigenvalue weighted by atomic mass is 32.1. The fourth-order valence-electron chi connectivity index (χ4n) is 1.63. The van der Waals surface area contributed by atoms with E-state index in [1.54, 1.807) is 0 Å². The summed E-state index contributed by atoms with van der Waals surface area (Å²) in [4.78, 5) is 0. The smallest absolute Gasteiger partial charge is 0.168 e. The quantitative estimate of drug-likeness (QED) is 0.793. The average molecular weight is 242 g/mol. The predicted octanol–water partition coefficient (Wildman–Crippen LogP) is 3.32. The van der Waals surface area contributed by atoms with E-state index in [1.165, 1.54) is 16.7 Å². The first-order chi connectivity index (χ1) is 8.15. The number of nitrogens with two attached hydrogens (primary N) is 1. The number of benzene rings is 2. The van der Waals surface area contributed by atoms with Gasteiger partial charge in [0.05, 0.1) is 0 Å². The zero-order chi connectivity index (χ0) is 12.3. The van der Waals surface area contributed by atoms with Crippen molar-refractivity contribution >= 4 is 23.0 Å². The third kappa shape index (κ3) is 3.04. The van der Waals surface area contributed by atoms with Gasteiger partial charge in [0.15, 0.2) is 5.11 Å². The molecule has 0 heterocycles. The minimum Gasteiger partial charge on any atom is -0.376 e. The van der Waals surface area contributed by atoms with Gasteiger partial charge in [-0.3, -0.25) is 0 Å². The number of thiocarbonyl (C=S) groups is 1. The number of aryl methyl sites for hydroxylation is 1. The fourth-order valence-corrected chi connectivity index (χ4v) is 1.75. The standard InChI is InChI=1S/C14H14N2S/c1-10-2-4-11(5-3-10)12-6-8-13(9-7-12)16-14(15)17/h2-9H,1H3,(H3,15,16,17). The molecule has 0 unspecified atom stereocenters. The van der Waals surface area contributed by atoms with Crippen LogP contribution in [0.15, 0.2) is 48.5 Å². The number of hydrogen-bond donors (Lipinski definition) is 2. The van der Waals surface area contributed by atoms with Crippen molar-refractivity contribution in [3.05, 3.63) is 54.1 Å². The van der Waals surface area contributed by atoms with Crippen LogP contribution in [-0.2, 0) is 0 Å². The molecule has 0 saturated carbocycles. The Hall–Kier alpha value is -1.87. The van der Waals surface area contributed by atoms with Crippen LogP contribution in [0.4, 0.5) is 5.69 Å². The van der Waals surface area contributed by atoms with Crippen molar-refractivity contribution in [2.24, 2.45) is 5.73 Å². The maximum Gasteiger partial charge on any atom is 0.168 e. The minimum atomic E-state index is 0.285. The van der Waals surface area contributed by atoms with Crippen LogP contribution in [0.3, 0.4) is 0 Å². The Kier molecular flexibility index (Phi) is 3.40. The van der Waals surface area contributed by atoms with Crippen LogP contribution in [0.25, 0.3) is 11.1 Å². The summed E-state index contributed by atoms with van der Waals surface area (Å²) in [5.74, 6) is 0. The average Bonchev–Trinajstić information content (AvgIpc) is 2.30. The molecule has 17 heavy (non-hydrogen) atoms. The third-order valence-electron chi connectivity index (χ3n) is 2.54. The summed E-state index contributed by atoms with van der Waals surface area (Å²) in [6.45, 7) is 2.08. The van der Waals surface area contributed by atoms with E-state index in [1.807, 2.05) is 24.3 Å². The lowest BCUT2D eigenvalue weighted by Gasteiger charge is -2.06. The monoisotopic (exact) mass is 242 g/mol. The van der Waals surface area contributed by atoms with Crippen LogP contribution in [0.2, 0.25) is 0 Å². The van der Waals surface area contributed by atoms with Crippen molar-refractivity contribution in [3.63, 3.8) is 0 Å². The molecule has 0 bridgehead atoms. The maximum atomic E-state index is 5.41. The molecule has 0 amide bonds. The van der Waals surface area contributed by atoms with Gasteiger partial charge in [-0.05, 0) is 42.4 Å². The molecule has 0 saturated heterocycles. The minimum absolute atomic E-state index is 0.285. The largest absolute Gasteiger partial charge is 0.376 e. The number of nitrogens with one attached hydrogen (secondary N) is 1. The zero-order valence-electron chi connectivity index (χ0n) is 9.60. The van der Waals surface area contributed by atoms with Crippen LogP contribution in [-0.4, -0.2) is 5.11 Å². The molecule has 0 aliphatic heterocycles. The van der Waals surface area contributed by atoms with E-state index in [-0.39, 0.29) is 5.11 Å². The molecule has 2 rings (SSSR count). The van der Waals surface area contributed by atoms with Gasteiger partial charge in [-0.15, -0.1) is 0 Å². The molecule has 0 aliphatic carbocycles. The molecule has 86 valence electrons. The van der Waals surface area contributed by atoms with E-state index in [4.69, 9.17) is 18.0 Å². The van der Waals surface area contributed by atoms with Gasteiger partial charge in [-0.2, -0.15) is 0 Å². The first-order valence-electron chi connectivity index (χ1n) is 5.39. The lowest BCUT2D eigenvalue weighted by Crippen LogP contribution is -2.18.